The van der Waals surface area contributed by atoms with Gasteiger partial charge in [-0.3, -0.25) is 4.79 Å². The van der Waals surface area contributed by atoms with Gasteiger partial charge in [0.25, 0.3) is 0 Å². The van der Waals surface area contributed by atoms with Crippen molar-refractivity contribution in [1.82, 2.24) is 4.90 Å². The van der Waals surface area contributed by atoms with E-state index in [2.05, 4.69) is 11.8 Å². The Hall–Kier alpha value is -1.71. The zero-order valence-corrected chi connectivity index (χ0v) is 11.1. The summed E-state index contributed by atoms with van der Waals surface area (Å²) in [6.45, 7) is 3.85. The predicted octanol–water partition coefficient (Wildman–Crippen LogP) is 1.72. The van der Waals surface area contributed by atoms with Crippen LogP contribution in [0.5, 0.6) is 0 Å². The topological polar surface area (TPSA) is 49.6 Å². The maximum absolute atomic E-state index is 12.1. The second kappa shape index (κ2) is 5.29. The first-order valence-electron chi connectivity index (χ1n) is 6.50. The van der Waals surface area contributed by atoms with Crippen LogP contribution in [0.1, 0.15) is 19.8 Å². The lowest BCUT2D eigenvalue weighted by atomic mass is 10.1. The molecular weight excluding hydrogens is 226 g/mol. The molecule has 0 radical (unpaired) electrons. The number of likely N-dealkylation sites (N-methyl/N-ethyl adjacent to an activating group) is 1. The zero-order valence-electron chi connectivity index (χ0n) is 11.1. The number of anilines is 2. The predicted molar refractivity (Wildman–Crippen MR) is 74.5 cm³/mol. The lowest BCUT2D eigenvalue weighted by Crippen LogP contribution is -2.41. The number of carbonyl (C=O) groups is 1. The maximum atomic E-state index is 12.1. The molecule has 2 N–H and O–H groups in total. The number of carbonyl (C=O) groups excluding carboxylic acids is 1. The lowest BCUT2D eigenvalue weighted by Gasteiger charge is -2.29. The summed E-state index contributed by atoms with van der Waals surface area (Å²) in [7, 11) is 1.87. The number of hydrogen-bond donors (Lipinski definition) is 1. The van der Waals surface area contributed by atoms with Crippen molar-refractivity contribution in [3.63, 3.8) is 0 Å². The van der Waals surface area contributed by atoms with E-state index in [0.717, 1.165) is 37.3 Å². The second-order valence-corrected chi connectivity index (χ2v) is 4.85. The minimum absolute atomic E-state index is 0.0308. The number of amides is 1. The number of nitrogens with zero attached hydrogens (tertiary/aromatic N) is 2. The Morgan fingerprint density at radius 2 is 2.28 bits per heavy atom. The SMILES string of the molecule is CCCN(c1cccc(N)c1)C1CCN(C)C1=O. The van der Waals surface area contributed by atoms with Gasteiger partial charge in [0.15, 0.2) is 0 Å². The van der Waals surface area contributed by atoms with Crippen LogP contribution < -0.4 is 10.6 Å². The molecule has 0 aromatic heterocycles. The summed E-state index contributed by atoms with van der Waals surface area (Å²) in [5, 5.41) is 0. The van der Waals surface area contributed by atoms with Gasteiger partial charge in [0.1, 0.15) is 6.04 Å². The Labute approximate surface area is 108 Å². The average Bonchev–Trinajstić information content (AvgIpc) is 2.67. The van der Waals surface area contributed by atoms with Gasteiger partial charge < -0.3 is 15.5 Å². The highest BCUT2D eigenvalue weighted by Crippen LogP contribution is 2.25. The number of rotatable bonds is 4. The van der Waals surface area contributed by atoms with Gasteiger partial charge in [0.05, 0.1) is 0 Å². The first-order chi connectivity index (χ1) is 8.63. The summed E-state index contributed by atoms with van der Waals surface area (Å²) in [6.07, 6.45) is 1.91. The third kappa shape index (κ3) is 2.42. The fraction of sp³-hybridized carbons (Fsp3) is 0.500. The molecule has 1 unspecified atom stereocenters. The van der Waals surface area contributed by atoms with Crippen molar-refractivity contribution in [2.75, 3.05) is 30.8 Å². The summed E-state index contributed by atoms with van der Waals surface area (Å²) in [4.78, 5) is 16.1. The molecule has 0 aliphatic carbocycles. The van der Waals surface area contributed by atoms with Crippen molar-refractivity contribution in [2.24, 2.45) is 0 Å². The quantitative estimate of drug-likeness (QED) is 0.824. The highest BCUT2D eigenvalue weighted by molar-refractivity contribution is 5.87. The van der Waals surface area contributed by atoms with Crippen molar-refractivity contribution in [1.29, 1.82) is 0 Å². The van der Waals surface area contributed by atoms with E-state index in [1.165, 1.54) is 0 Å². The highest BCUT2D eigenvalue weighted by Gasteiger charge is 2.33. The van der Waals surface area contributed by atoms with E-state index < -0.39 is 0 Å². The van der Waals surface area contributed by atoms with Gasteiger partial charge in [0.2, 0.25) is 5.91 Å². The van der Waals surface area contributed by atoms with Gasteiger partial charge in [0, 0.05) is 31.5 Å². The Kier molecular flexibility index (Phi) is 3.75. The molecule has 1 aliphatic rings. The molecule has 0 bridgehead atoms. The van der Waals surface area contributed by atoms with Gasteiger partial charge in [-0.1, -0.05) is 13.0 Å². The first-order valence-corrected chi connectivity index (χ1v) is 6.50. The Morgan fingerprint density at radius 1 is 1.50 bits per heavy atom. The smallest absolute Gasteiger partial charge is 0.245 e. The Morgan fingerprint density at radius 3 is 2.83 bits per heavy atom. The van der Waals surface area contributed by atoms with E-state index in [0.29, 0.717) is 0 Å². The summed E-state index contributed by atoms with van der Waals surface area (Å²) in [6, 6.07) is 7.75. The van der Waals surface area contributed by atoms with Crippen molar-refractivity contribution in [2.45, 2.75) is 25.8 Å². The van der Waals surface area contributed by atoms with Gasteiger partial charge >= 0.3 is 0 Å². The van der Waals surface area contributed by atoms with Crippen LogP contribution in [0.25, 0.3) is 0 Å². The average molecular weight is 247 g/mol. The van der Waals surface area contributed by atoms with E-state index in [1.807, 2.05) is 31.3 Å². The molecule has 2 rings (SSSR count). The van der Waals surface area contributed by atoms with Crippen LogP contribution in [0.2, 0.25) is 0 Å². The third-order valence-electron chi connectivity index (χ3n) is 3.44. The molecule has 1 amide bonds. The van der Waals surface area contributed by atoms with E-state index in [9.17, 15) is 4.79 Å². The number of likely N-dealkylation sites (tertiary alicyclic amines) is 1. The summed E-state index contributed by atoms with van der Waals surface area (Å²) < 4.78 is 0. The lowest BCUT2D eigenvalue weighted by molar-refractivity contribution is -0.127. The molecule has 1 aromatic rings. The van der Waals surface area contributed by atoms with Crippen molar-refractivity contribution in [3.8, 4) is 0 Å². The summed E-state index contributed by atoms with van der Waals surface area (Å²) >= 11 is 0. The number of hydrogen-bond acceptors (Lipinski definition) is 3. The van der Waals surface area contributed by atoms with Crippen molar-refractivity contribution < 1.29 is 4.79 Å². The molecule has 1 atom stereocenters. The molecule has 18 heavy (non-hydrogen) atoms. The minimum Gasteiger partial charge on any atom is -0.399 e. The molecular formula is C14H21N3O. The van der Waals surface area contributed by atoms with Gasteiger partial charge in [-0.15, -0.1) is 0 Å². The van der Waals surface area contributed by atoms with Gasteiger partial charge in [-0.2, -0.15) is 0 Å². The molecule has 1 aliphatic heterocycles. The van der Waals surface area contributed by atoms with E-state index in [-0.39, 0.29) is 11.9 Å². The van der Waals surface area contributed by atoms with E-state index in [1.54, 1.807) is 4.90 Å². The fourth-order valence-corrected chi connectivity index (χ4v) is 2.50. The third-order valence-corrected chi connectivity index (χ3v) is 3.44. The van der Waals surface area contributed by atoms with Crippen LogP contribution in [0, 0.1) is 0 Å². The van der Waals surface area contributed by atoms with Crippen LogP contribution in [-0.2, 0) is 4.79 Å². The zero-order chi connectivity index (χ0) is 13.1. The number of nitrogens with two attached hydrogens (primary N) is 1. The molecule has 0 saturated carbocycles. The van der Waals surface area contributed by atoms with E-state index in [4.69, 9.17) is 5.73 Å². The normalized spacial score (nSPS) is 19.3. The molecule has 0 spiro atoms. The number of benzene rings is 1. The second-order valence-electron chi connectivity index (χ2n) is 4.85. The van der Waals surface area contributed by atoms with Crippen LogP contribution in [-0.4, -0.2) is 37.0 Å². The van der Waals surface area contributed by atoms with Gasteiger partial charge in [-0.05, 0) is 31.0 Å². The first kappa shape index (κ1) is 12.7. The molecule has 1 fully saturated rings. The molecule has 4 nitrogen and oxygen atoms in total. The monoisotopic (exact) mass is 247 g/mol. The standard InChI is InChI=1S/C14H21N3O/c1-3-8-17(12-6-4-5-11(15)10-12)13-7-9-16(2)14(13)18/h4-6,10,13H,3,7-9,15H2,1-2H3. The molecule has 4 heteroatoms. The minimum atomic E-state index is -0.0308. The largest absolute Gasteiger partial charge is 0.399 e. The molecule has 98 valence electrons. The van der Waals surface area contributed by atoms with Crippen LogP contribution in [0.4, 0.5) is 11.4 Å². The summed E-state index contributed by atoms with van der Waals surface area (Å²) in [5.41, 5.74) is 7.62. The molecule has 1 saturated heterocycles. The molecule has 1 heterocycles. The maximum Gasteiger partial charge on any atom is 0.245 e. The van der Waals surface area contributed by atoms with Crippen LogP contribution >= 0.6 is 0 Å². The van der Waals surface area contributed by atoms with E-state index >= 15 is 0 Å². The van der Waals surface area contributed by atoms with Gasteiger partial charge in [-0.25, -0.2) is 0 Å². The van der Waals surface area contributed by atoms with Crippen LogP contribution in [0.15, 0.2) is 24.3 Å². The van der Waals surface area contributed by atoms with Crippen molar-refractivity contribution in [3.05, 3.63) is 24.3 Å². The summed E-state index contributed by atoms with van der Waals surface area (Å²) in [5.74, 6) is 0.214. The molecule has 1 aromatic carbocycles. The van der Waals surface area contributed by atoms with Crippen molar-refractivity contribution >= 4 is 17.3 Å². The van der Waals surface area contributed by atoms with Crippen LogP contribution in [0.3, 0.4) is 0 Å². The Balaban J connectivity index is 2.26. The number of nitrogen functional groups attached to an aromatic ring is 1. The Bertz CT molecular complexity index is 433. The fourth-order valence-electron chi connectivity index (χ4n) is 2.50. The highest BCUT2D eigenvalue weighted by atomic mass is 16.2.